The molecule has 0 aromatic heterocycles. The molecule has 1 heterocycles. The van der Waals surface area contributed by atoms with Gasteiger partial charge in [0.1, 0.15) is 0 Å². The summed E-state index contributed by atoms with van der Waals surface area (Å²) in [5, 5.41) is 3.08. The molecule has 1 amide bonds. The number of amides is 1. The lowest BCUT2D eigenvalue weighted by Gasteiger charge is -2.64. The Hall–Kier alpha value is -0.195. The van der Waals surface area contributed by atoms with Crippen molar-refractivity contribution in [3.05, 3.63) is 0 Å². The Morgan fingerprint density at radius 1 is 1.35 bits per heavy atom. The highest BCUT2D eigenvalue weighted by Gasteiger charge is 2.68. The summed E-state index contributed by atoms with van der Waals surface area (Å²) in [7, 11) is -0.346. The number of nitrogens with one attached hydrogen (secondary N) is 1. The highest BCUT2D eigenvalue weighted by molar-refractivity contribution is 8.00. The molecular formula is C17H30BNO3S. The Kier molecular flexibility index (Phi) is 4.14. The molecule has 23 heavy (non-hydrogen) atoms. The lowest BCUT2D eigenvalue weighted by molar-refractivity contribution is -0.199. The van der Waals surface area contributed by atoms with Gasteiger partial charge in [-0.25, -0.2) is 0 Å². The van der Waals surface area contributed by atoms with Crippen LogP contribution in [0.4, 0.5) is 0 Å². The van der Waals surface area contributed by atoms with E-state index in [0.717, 1.165) is 12.3 Å². The van der Waals surface area contributed by atoms with Gasteiger partial charge in [-0.2, -0.15) is 0 Å². The van der Waals surface area contributed by atoms with E-state index in [9.17, 15) is 4.79 Å². The van der Waals surface area contributed by atoms with Gasteiger partial charge in [0.2, 0.25) is 5.91 Å². The quantitative estimate of drug-likeness (QED) is 0.800. The topological polar surface area (TPSA) is 47.6 Å². The second-order valence-electron chi connectivity index (χ2n) is 8.81. The molecule has 130 valence electrons. The zero-order chi connectivity index (χ0) is 17.2. The van der Waals surface area contributed by atoms with E-state index in [-0.39, 0.29) is 30.7 Å². The third-order valence-electron chi connectivity index (χ3n) is 6.79. The van der Waals surface area contributed by atoms with Crippen LogP contribution in [0.2, 0.25) is 0 Å². The zero-order valence-electron chi connectivity index (χ0n) is 15.4. The minimum absolute atomic E-state index is 0.0364. The molecule has 6 heteroatoms. The van der Waals surface area contributed by atoms with E-state index in [1.54, 1.807) is 11.8 Å². The minimum Gasteiger partial charge on any atom is -0.404 e. The van der Waals surface area contributed by atoms with Crippen LogP contribution in [-0.2, 0) is 14.1 Å². The fourth-order valence-electron chi connectivity index (χ4n) is 4.66. The molecule has 3 saturated carbocycles. The van der Waals surface area contributed by atoms with Crippen molar-refractivity contribution in [3.63, 3.8) is 0 Å². The molecule has 4 rings (SSSR count). The fraction of sp³-hybridized carbons (Fsp3) is 0.941. The maximum Gasteiger partial charge on any atom is 0.481 e. The van der Waals surface area contributed by atoms with Crippen LogP contribution in [0, 0.1) is 17.3 Å². The highest BCUT2D eigenvalue weighted by Crippen LogP contribution is 2.65. The van der Waals surface area contributed by atoms with Gasteiger partial charge in [-0.15, -0.1) is 11.8 Å². The second-order valence-corrected chi connectivity index (χ2v) is 10.2. The smallest absolute Gasteiger partial charge is 0.404 e. The number of carbonyl (C=O) groups excluding carboxylic acids is 1. The predicted molar refractivity (Wildman–Crippen MR) is 95.3 cm³/mol. The number of thioether (sulfide) groups is 1. The molecule has 0 unspecified atom stereocenters. The molecule has 3 aliphatic carbocycles. The monoisotopic (exact) mass is 339 g/mol. The molecule has 0 radical (unpaired) electrons. The van der Waals surface area contributed by atoms with Crippen LogP contribution in [0.1, 0.15) is 54.4 Å². The Morgan fingerprint density at radius 2 is 2.00 bits per heavy atom. The van der Waals surface area contributed by atoms with E-state index < -0.39 is 4.75 Å². The van der Waals surface area contributed by atoms with Gasteiger partial charge >= 0.3 is 7.12 Å². The number of hydrogen-bond donors (Lipinski definition) is 1. The van der Waals surface area contributed by atoms with Crippen molar-refractivity contribution in [1.29, 1.82) is 0 Å². The molecule has 4 fully saturated rings. The molecule has 0 spiro atoms. The lowest BCUT2D eigenvalue weighted by atomic mass is 9.43. The third kappa shape index (κ3) is 2.56. The van der Waals surface area contributed by atoms with Crippen molar-refractivity contribution in [2.75, 3.05) is 6.26 Å². The summed E-state index contributed by atoms with van der Waals surface area (Å²) in [5.74, 6) is 1.19. The van der Waals surface area contributed by atoms with E-state index in [1.807, 2.05) is 27.0 Å². The first-order valence-electron chi connectivity index (χ1n) is 8.71. The van der Waals surface area contributed by atoms with Gasteiger partial charge in [0.25, 0.3) is 0 Å². The van der Waals surface area contributed by atoms with Crippen molar-refractivity contribution in [3.8, 4) is 0 Å². The van der Waals surface area contributed by atoms with Crippen LogP contribution in [0.5, 0.6) is 0 Å². The van der Waals surface area contributed by atoms with Crippen LogP contribution in [-0.4, -0.2) is 41.7 Å². The molecular weight excluding hydrogens is 309 g/mol. The van der Waals surface area contributed by atoms with Gasteiger partial charge in [0, 0.05) is 0 Å². The van der Waals surface area contributed by atoms with E-state index in [4.69, 9.17) is 9.31 Å². The van der Waals surface area contributed by atoms with Gasteiger partial charge in [-0.1, -0.05) is 13.8 Å². The summed E-state index contributed by atoms with van der Waals surface area (Å²) in [6, 6.07) is 0. The first-order valence-corrected chi connectivity index (χ1v) is 9.94. The van der Waals surface area contributed by atoms with E-state index >= 15 is 0 Å². The largest absolute Gasteiger partial charge is 0.481 e. The number of carbonyl (C=O) groups is 1. The molecule has 2 bridgehead atoms. The molecule has 4 aliphatic rings. The first kappa shape index (κ1) is 17.6. The summed E-state index contributed by atoms with van der Waals surface area (Å²) in [5.41, 5.74) is 0.133. The van der Waals surface area contributed by atoms with E-state index in [1.165, 1.54) is 6.42 Å². The average molecular weight is 339 g/mol. The normalized spacial score (nSPS) is 39.4. The molecule has 0 aromatic carbocycles. The standard InChI is InChI=1S/C17H30BNO3S/c1-10(19-14(20)16(4,5)23-7)18-21-13-9-11-8-12(15(11,2)3)17(13,6)22-18/h10-13H,8-9H2,1-7H3,(H,19,20)/t10-,11-,12-,13+,17-/m0/s1. The van der Waals surface area contributed by atoms with Crippen molar-refractivity contribution >= 4 is 24.8 Å². The average Bonchev–Trinajstić information content (AvgIpc) is 2.83. The van der Waals surface area contributed by atoms with Gasteiger partial charge in [0.15, 0.2) is 0 Å². The molecule has 1 saturated heterocycles. The Morgan fingerprint density at radius 3 is 2.57 bits per heavy atom. The molecule has 1 aliphatic heterocycles. The number of hydrogen-bond acceptors (Lipinski definition) is 4. The third-order valence-corrected chi connectivity index (χ3v) is 8.00. The van der Waals surface area contributed by atoms with Crippen LogP contribution >= 0.6 is 11.8 Å². The van der Waals surface area contributed by atoms with Gasteiger partial charge in [-0.3, -0.25) is 4.79 Å². The second kappa shape index (κ2) is 5.40. The van der Waals surface area contributed by atoms with Crippen molar-refractivity contribution in [2.45, 2.75) is 76.8 Å². The van der Waals surface area contributed by atoms with Crippen molar-refractivity contribution < 1.29 is 14.1 Å². The van der Waals surface area contributed by atoms with Crippen molar-refractivity contribution in [2.24, 2.45) is 17.3 Å². The van der Waals surface area contributed by atoms with Crippen molar-refractivity contribution in [1.82, 2.24) is 5.32 Å². The molecule has 1 N–H and O–H groups in total. The predicted octanol–water partition coefficient (Wildman–Crippen LogP) is 2.90. The Bertz CT molecular complexity index is 512. The van der Waals surface area contributed by atoms with E-state index in [0.29, 0.717) is 11.3 Å². The zero-order valence-corrected chi connectivity index (χ0v) is 16.3. The summed E-state index contributed by atoms with van der Waals surface area (Å²) in [4.78, 5) is 12.4. The lowest BCUT2D eigenvalue weighted by Crippen LogP contribution is -2.65. The summed E-state index contributed by atoms with van der Waals surface area (Å²) in [6.07, 6.45) is 4.44. The van der Waals surface area contributed by atoms with Crippen LogP contribution in [0.15, 0.2) is 0 Å². The van der Waals surface area contributed by atoms with Crippen LogP contribution in [0.3, 0.4) is 0 Å². The summed E-state index contributed by atoms with van der Waals surface area (Å²) in [6.45, 7) is 12.8. The summed E-state index contributed by atoms with van der Waals surface area (Å²) < 4.78 is 12.2. The fourth-order valence-corrected chi connectivity index (χ4v) is 4.90. The maximum atomic E-state index is 12.4. The molecule has 0 aromatic rings. The van der Waals surface area contributed by atoms with Gasteiger partial charge in [-0.05, 0) is 64.0 Å². The summed E-state index contributed by atoms with van der Waals surface area (Å²) >= 11 is 1.55. The Labute approximate surface area is 145 Å². The van der Waals surface area contributed by atoms with Gasteiger partial charge < -0.3 is 14.6 Å². The minimum atomic E-state index is -0.437. The molecule has 5 atom stereocenters. The van der Waals surface area contributed by atoms with E-state index in [2.05, 4.69) is 26.1 Å². The maximum absolute atomic E-state index is 12.4. The Balaban J connectivity index is 1.67. The van der Waals surface area contributed by atoms with Crippen LogP contribution in [0.25, 0.3) is 0 Å². The number of rotatable bonds is 4. The van der Waals surface area contributed by atoms with Crippen LogP contribution < -0.4 is 5.32 Å². The molecule has 4 nitrogen and oxygen atoms in total. The first-order chi connectivity index (χ1) is 10.5. The highest BCUT2D eigenvalue weighted by atomic mass is 32.2. The SMILES string of the molecule is CSC(C)(C)C(=O)N[C@@H](C)B1O[C@@H]2C[C@@H]3C[C@@H](C3(C)C)[C@]2(C)O1. The van der Waals surface area contributed by atoms with Gasteiger partial charge in [0.05, 0.1) is 22.4 Å².